The Kier molecular flexibility index (Phi) is 5.76. The molecule has 0 N–H and O–H groups in total. The molecule has 2 saturated heterocycles. The lowest BCUT2D eigenvalue weighted by atomic mass is 9.72. The van der Waals surface area contributed by atoms with E-state index in [1.165, 1.54) is 25.0 Å². The Labute approximate surface area is 171 Å². The van der Waals surface area contributed by atoms with E-state index >= 15 is 0 Å². The standard InChI is InChI=1S/C19H25Cl2NO4S/c20-16-3-4-17(21)18(9-16)27(23,24)22-10-15(12-26-11-14-1-2-14)19(13-22)5-7-25-8-6-19/h3-4,9,14-15H,1-2,5-8,10-13H2. The van der Waals surface area contributed by atoms with Crippen LogP contribution >= 0.6 is 23.2 Å². The van der Waals surface area contributed by atoms with Gasteiger partial charge in [-0.25, -0.2) is 8.42 Å². The van der Waals surface area contributed by atoms with Gasteiger partial charge >= 0.3 is 0 Å². The highest BCUT2D eigenvalue weighted by Gasteiger charge is 2.51. The Bertz CT molecular complexity index is 791. The highest BCUT2D eigenvalue weighted by atomic mass is 35.5. The van der Waals surface area contributed by atoms with Crippen LogP contribution in [0.3, 0.4) is 0 Å². The van der Waals surface area contributed by atoms with E-state index in [1.807, 2.05) is 0 Å². The predicted molar refractivity (Wildman–Crippen MR) is 105 cm³/mol. The monoisotopic (exact) mass is 433 g/mol. The van der Waals surface area contributed by atoms with Crippen LogP contribution in [0.5, 0.6) is 0 Å². The molecule has 0 aromatic heterocycles. The van der Waals surface area contributed by atoms with Gasteiger partial charge in [0.2, 0.25) is 10.0 Å². The van der Waals surface area contributed by atoms with E-state index in [0.717, 1.165) is 19.4 Å². The van der Waals surface area contributed by atoms with E-state index in [-0.39, 0.29) is 21.3 Å². The van der Waals surface area contributed by atoms with Crippen LogP contribution in [-0.4, -0.2) is 52.2 Å². The van der Waals surface area contributed by atoms with Crippen molar-refractivity contribution in [1.82, 2.24) is 4.31 Å². The number of benzene rings is 1. The SMILES string of the molecule is O=S(=O)(c1cc(Cl)ccc1Cl)N1CC(COCC2CC2)C2(CCOCC2)C1. The molecule has 3 fully saturated rings. The Morgan fingerprint density at radius 1 is 1.19 bits per heavy atom. The molecule has 5 nitrogen and oxygen atoms in total. The van der Waals surface area contributed by atoms with Crippen LogP contribution in [0.15, 0.2) is 23.1 Å². The zero-order valence-electron chi connectivity index (χ0n) is 15.2. The Hall–Kier alpha value is -0.370. The molecule has 0 amide bonds. The first-order chi connectivity index (χ1) is 12.9. The molecule has 1 aromatic carbocycles. The van der Waals surface area contributed by atoms with Crippen molar-refractivity contribution >= 4 is 33.2 Å². The van der Waals surface area contributed by atoms with Crippen molar-refractivity contribution in [2.45, 2.75) is 30.6 Å². The quantitative estimate of drug-likeness (QED) is 0.683. The van der Waals surface area contributed by atoms with Gasteiger partial charge in [0.25, 0.3) is 0 Å². The summed E-state index contributed by atoms with van der Waals surface area (Å²) in [5.41, 5.74) is -0.0834. The molecule has 1 unspecified atom stereocenters. The molecule has 150 valence electrons. The van der Waals surface area contributed by atoms with Gasteiger partial charge in [0, 0.05) is 43.9 Å². The van der Waals surface area contributed by atoms with Crippen LogP contribution in [0.1, 0.15) is 25.7 Å². The molecule has 8 heteroatoms. The fourth-order valence-corrected chi connectivity index (χ4v) is 6.54. The highest BCUT2D eigenvalue weighted by molar-refractivity contribution is 7.89. The molecule has 0 bridgehead atoms. The van der Waals surface area contributed by atoms with Gasteiger partial charge < -0.3 is 9.47 Å². The second kappa shape index (κ2) is 7.81. The number of rotatable bonds is 6. The largest absolute Gasteiger partial charge is 0.381 e. The molecule has 27 heavy (non-hydrogen) atoms. The van der Waals surface area contributed by atoms with Gasteiger partial charge in [-0.1, -0.05) is 23.2 Å². The van der Waals surface area contributed by atoms with Crippen molar-refractivity contribution in [3.05, 3.63) is 28.2 Å². The van der Waals surface area contributed by atoms with Gasteiger partial charge in [-0.05, 0) is 55.2 Å². The third kappa shape index (κ3) is 4.16. The first kappa shape index (κ1) is 19.9. The summed E-state index contributed by atoms with van der Waals surface area (Å²) in [6.07, 6.45) is 4.22. The summed E-state index contributed by atoms with van der Waals surface area (Å²) >= 11 is 12.2. The van der Waals surface area contributed by atoms with E-state index in [4.69, 9.17) is 32.7 Å². The van der Waals surface area contributed by atoms with Crippen molar-refractivity contribution in [3.8, 4) is 0 Å². The molecule has 1 atom stereocenters. The van der Waals surface area contributed by atoms with Crippen LogP contribution < -0.4 is 0 Å². The van der Waals surface area contributed by atoms with Crippen LogP contribution in [0.25, 0.3) is 0 Å². The van der Waals surface area contributed by atoms with Crippen LogP contribution in [0.4, 0.5) is 0 Å². The molecule has 4 rings (SSSR count). The second-order valence-corrected chi connectivity index (χ2v) is 10.8. The molecule has 0 radical (unpaired) electrons. The van der Waals surface area contributed by atoms with Gasteiger partial charge in [0.05, 0.1) is 11.6 Å². The second-order valence-electron chi connectivity index (χ2n) is 8.02. The lowest BCUT2D eigenvalue weighted by Crippen LogP contribution is -2.39. The smallest absolute Gasteiger partial charge is 0.244 e. The van der Waals surface area contributed by atoms with Crippen molar-refractivity contribution in [2.75, 3.05) is 39.5 Å². The van der Waals surface area contributed by atoms with Crippen molar-refractivity contribution in [2.24, 2.45) is 17.3 Å². The lowest BCUT2D eigenvalue weighted by molar-refractivity contribution is -0.0241. The molecule has 1 saturated carbocycles. The van der Waals surface area contributed by atoms with E-state index in [9.17, 15) is 8.42 Å². The van der Waals surface area contributed by atoms with Gasteiger partial charge in [-0.2, -0.15) is 4.31 Å². The van der Waals surface area contributed by atoms with Crippen molar-refractivity contribution in [3.63, 3.8) is 0 Å². The number of halogens is 2. The Morgan fingerprint density at radius 3 is 2.63 bits per heavy atom. The molecule has 1 aromatic rings. The first-order valence-corrected chi connectivity index (χ1v) is 11.7. The third-order valence-corrected chi connectivity index (χ3v) is 8.68. The number of nitrogens with zero attached hydrogens (tertiary/aromatic N) is 1. The van der Waals surface area contributed by atoms with Crippen molar-refractivity contribution < 1.29 is 17.9 Å². The summed E-state index contributed by atoms with van der Waals surface area (Å²) in [4.78, 5) is 0.0819. The van der Waals surface area contributed by atoms with E-state index in [0.29, 0.717) is 43.9 Å². The summed E-state index contributed by atoms with van der Waals surface area (Å²) in [6, 6.07) is 4.57. The molecule has 3 aliphatic rings. The van der Waals surface area contributed by atoms with Crippen LogP contribution in [0.2, 0.25) is 10.0 Å². The zero-order valence-corrected chi connectivity index (χ0v) is 17.5. The lowest BCUT2D eigenvalue weighted by Gasteiger charge is -2.38. The number of sulfonamides is 1. The van der Waals surface area contributed by atoms with Gasteiger partial charge in [0.1, 0.15) is 4.90 Å². The van der Waals surface area contributed by atoms with Gasteiger partial charge in [-0.15, -0.1) is 0 Å². The maximum absolute atomic E-state index is 13.3. The van der Waals surface area contributed by atoms with E-state index in [1.54, 1.807) is 10.4 Å². The summed E-state index contributed by atoms with van der Waals surface area (Å²) in [6.45, 7) is 3.67. The van der Waals surface area contributed by atoms with Crippen LogP contribution in [0, 0.1) is 17.3 Å². The average molecular weight is 434 g/mol. The van der Waals surface area contributed by atoms with Gasteiger partial charge in [0.15, 0.2) is 0 Å². The highest BCUT2D eigenvalue weighted by Crippen LogP contribution is 2.46. The third-order valence-electron chi connectivity index (χ3n) is 6.15. The maximum Gasteiger partial charge on any atom is 0.244 e. The summed E-state index contributed by atoms with van der Waals surface area (Å²) in [5, 5.41) is 0.566. The summed E-state index contributed by atoms with van der Waals surface area (Å²) < 4.78 is 39.7. The number of hydrogen-bond acceptors (Lipinski definition) is 4. The molecule has 1 spiro atoms. The fourth-order valence-electron chi connectivity index (χ4n) is 4.22. The number of ether oxygens (including phenoxy) is 2. The molecule has 1 aliphatic carbocycles. The fraction of sp³-hybridized carbons (Fsp3) is 0.684. The molecule has 2 heterocycles. The number of hydrogen-bond donors (Lipinski definition) is 0. The topological polar surface area (TPSA) is 55.8 Å². The predicted octanol–water partition coefficient (Wildman–Crippen LogP) is 3.84. The normalized spacial score (nSPS) is 25.9. The average Bonchev–Trinajstić information content (AvgIpc) is 3.40. The van der Waals surface area contributed by atoms with E-state index in [2.05, 4.69) is 0 Å². The Morgan fingerprint density at radius 2 is 1.93 bits per heavy atom. The summed E-state index contributed by atoms with van der Waals surface area (Å²) in [5.74, 6) is 0.870. The molecular formula is C19H25Cl2NO4S. The zero-order chi connectivity index (χ0) is 19.1. The minimum atomic E-state index is -3.71. The van der Waals surface area contributed by atoms with Crippen LogP contribution in [-0.2, 0) is 19.5 Å². The minimum absolute atomic E-state index is 0.0819. The van der Waals surface area contributed by atoms with Crippen molar-refractivity contribution in [1.29, 1.82) is 0 Å². The maximum atomic E-state index is 13.3. The van der Waals surface area contributed by atoms with Gasteiger partial charge in [-0.3, -0.25) is 0 Å². The molecule has 2 aliphatic heterocycles. The minimum Gasteiger partial charge on any atom is -0.381 e. The summed E-state index contributed by atoms with van der Waals surface area (Å²) in [7, 11) is -3.71. The Balaban J connectivity index is 1.56. The van der Waals surface area contributed by atoms with E-state index < -0.39 is 10.0 Å². The first-order valence-electron chi connectivity index (χ1n) is 9.51. The molecular weight excluding hydrogens is 409 g/mol.